The largest absolute Gasteiger partial charge is 0.472 e. The summed E-state index contributed by atoms with van der Waals surface area (Å²) in [6, 6.07) is 0. The van der Waals surface area contributed by atoms with Crippen molar-refractivity contribution in [2.75, 3.05) is 32.8 Å². The molecule has 0 heterocycles. The van der Waals surface area contributed by atoms with Gasteiger partial charge in [-0.3, -0.25) is 9.05 Å². The summed E-state index contributed by atoms with van der Waals surface area (Å²) in [7, 11) is -3.87. The zero-order chi connectivity index (χ0) is 28.0. The summed E-state index contributed by atoms with van der Waals surface area (Å²) in [5.74, 6) is 0. The Balaban J connectivity index is 3.82. The lowest BCUT2D eigenvalue weighted by Gasteiger charge is -2.22. The van der Waals surface area contributed by atoms with Crippen LogP contribution in [-0.4, -0.2) is 42.6 Å². The van der Waals surface area contributed by atoms with Gasteiger partial charge in [-0.05, 0) is 51.7 Å². The van der Waals surface area contributed by atoms with Crippen molar-refractivity contribution in [3.63, 3.8) is 0 Å². The molecule has 1 atom stereocenters. The standard InChI is InChI=1S/C32H68NO4P/c1-4-7-10-13-18-23-28-33(29-24-19-14-11-8-5-2)30-25-20-16-17-22-27-32-37-38(34,35)36-31-26-21-15-12-9-6-3/h4-32H2,1-3H3,(H,34,35). The molecule has 0 rings (SSSR count). The maximum absolute atomic E-state index is 12.0. The van der Waals surface area contributed by atoms with E-state index in [0.29, 0.717) is 13.2 Å². The molecule has 0 aromatic heterocycles. The highest BCUT2D eigenvalue weighted by atomic mass is 31.2. The first-order chi connectivity index (χ1) is 18.6. The minimum absolute atomic E-state index is 0.314. The van der Waals surface area contributed by atoms with E-state index >= 15 is 0 Å². The Morgan fingerprint density at radius 1 is 0.447 bits per heavy atom. The zero-order valence-corrected chi connectivity index (χ0v) is 27.0. The first-order valence-electron chi connectivity index (χ1n) is 16.9. The van der Waals surface area contributed by atoms with E-state index in [2.05, 4.69) is 25.7 Å². The summed E-state index contributed by atoms with van der Waals surface area (Å²) in [4.78, 5) is 12.6. The second-order valence-corrected chi connectivity index (χ2v) is 12.9. The van der Waals surface area contributed by atoms with Gasteiger partial charge in [-0.15, -0.1) is 0 Å². The monoisotopic (exact) mass is 561 g/mol. The van der Waals surface area contributed by atoms with Crippen LogP contribution >= 0.6 is 7.82 Å². The van der Waals surface area contributed by atoms with Gasteiger partial charge in [-0.25, -0.2) is 4.57 Å². The lowest BCUT2D eigenvalue weighted by Crippen LogP contribution is -2.27. The summed E-state index contributed by atoms with van der Waals surface area (Å²) in [6.07, 6.45) is 30.2. The number of rotatable bonds is 32. The van der Waals surface area contributed by atoms with Gasteiger partial charge in [-0.2, -0.15) is 0 Å². The lowest BCUT2D eigenvalue weighted by atomic mass is 10.1. The predicted octanol–water partition coefficient (Wildman–Crippen LogP) is 10.8. The number of unbranched alkanes of at least 4 members (excludes halogenated alkanes) is 20. The Kier molecular flexibility index (Phi) is 30.1. The molecule has 5 nitrogen and oxygen atoms in total. The maximum atomic E-state index is 12.0. The van der Waals surface area contributed by atoms with Crippen molar-refractivity contribution in [2.24, 2.45) is 0 Å². The SMILES string of the molecule is CCCCCCCCOP(=O)(O)OCCCCCCCCN(CCCCCCCC)CCCCCCCC. The minimum Gasteiger partial charge on any atom is -0.303 e. The van der Waals surface area contributed by atoms with Gasteiger partial charge in [0.05, 0.1) is 13.2 Å². The first-order valence-corrected chi connectivity index (χ1v) is 18.4. The van der Waals surface area contributed by atoms with Crippen LogP contribution in [0, 0.1) is 0 Å². The van der Waals surface area contributed by atoms with Crippen LogP contribution < -0.4 is 0 Å². The van der Waals surface area contributed by atoms with E-state index in [-0.39, 0.29) is 0 Å². The van der Waals surface area contributed by atoms with Crippen LogP contribution in [0.5, 0.6) is 0 Å². The highest BCUT2D eigenvalue weighted by Gasteiger charge is 2.19. The Hall–Kier alpha value is 0.0700. The van der Waals surface area contributed by atoms with E-state index < -0.39 is 7.82 Å². The highest BCUT2D eigenvalue weighted by molar-refractivity contribution is 7.47. The van der Waals surface area contributed by atoms with Gasteiger partial charge >= 0.3 is 7.82 Å². The average molecular weight is 562 g/mol. The van der Waals surface area contributed by atoms with Crippen molar-refractivity contribution >= 4 is 7.82 Å². The van der Waals surface area contributed by atoms with E-state index in [9.17, 15) is 9.46 Å². The number of nitrogens with zero attached hydrogens (tertiary/aromatic N) is 1. The minimum atomic E-state index is -3.87. The van der Waals surface area contributed by atoms with Crippen molar-refractivity contribution in [1.82, 2.24) is 4.90 Å². The molecule has 0 radical (unpaired) electrons. The van der Waals surface area contributed by atoms with Crippen LogP contribution in [0.1, 0.15) is 175 Å². The molecular weight excluding hydrogens is 493 g/mol. The van der Waals surface area contributed by atoms with Crippen molar-refractivity contribution in [3.8, 4) is 0 Å². The van der Waals surface area contributed by atoms with Gasteiger partial charge in [0, 0.05) is 0 Å². The van der Waals surface area contributed by atoms with Gasteiger partial charge < -0.3 is 9.79 Å². The summed E-state index contributed by atoms with van der Waals surface area (Å²) in [6.45, 7) is 11.2. The fraction of sp³-hybridized carbons (Fsp3) is 1.00. The van der Waals surface area contributed by atoms with Gasteiger partial charge in [0.1, 0.15) is 0 Å². The van der Waals surface area contributed by atoms with E-state index in [1.165, 1.54) is 148 Å². The van der Waals surface area contributed by atoms with Crippen molar-refractivity contribution in [3.05, 3.63) is 0 Å². The maximum Gasteiger partial charge on any atom is 0.472 e. The van der Waals surface area contributed by atoms with E-state index in [1.54, 1.807) is 0 Å². The summed E-state index contributed by atoms with van der Waals surface area (Å²) in [5.41, 5.74) is 0. The molecule has 0 amide bonds. The van der Waals surface area contributed by atoms with Crippen LogP contribution in [0.2, 0.25) is 0 Å². The average Bonchev–Trinajstić information content (AvgIpc) is 2.90. The number of hydrogen-bond acceptors (Lipinski definition) is 4. The fourth-order valence-electron chi connectivity index (χ4n) is 4.99. The Labute approximate surface area is 238 Å². The summed E-state index contributed by atoms with van der Waals surface area (Å²) in [5, 5.41) is 0. The molecule has 0 saturated heterocycles. The Morgan fingerprint density at radius 2 is 0.711 bits per heavy atom. The predicted molar refractivity (Wildman–Crippen MR) is 166 cm³/mol. The number of hydrogen-bond donors (Lipinski definition) is 1. The topological polar surface area (TPSA) is 59.0 Å². The molecular formula is C32H68NO4P. The third-order valence-electron chi connectivity index (χ3n) is 7.53. The molecule has 0 spiro atoms. The van der Waals surface area contributed by atoms with Crippen LogP contribution in [-0.2, 0) is 13.6 Å². The van der Waals surface area contributed by atoms with E-state index in [4.69, 9.17) is 9.05 Å². The molecule has 0 aliphatic rings. The molecule has 230 valence electrons. The summed E-state index contributed by atoms with van der Waals surface area (Å²) < 4.78 is 22.2. The van der Waals surface area contributed by atoms with E-state index in [1.807, 2.05) is 0 Å². The molecule has 0 saturated carbocycles. The van der Waals surface area contributed by atoms with Crippen LogP contribution in [0.3, 0.4) is 0 Å². The first kappa shape index (κ1) is 38.1. The Bertz CT molecular complexity index is 490. The normalized spacial score (nSPS) is 13.4. The molecule has 0 aromatic rings. The molecule has 0 fully saturated rings. The quantitative estimate of drug-likeness (QED) is 0.0654. The smallest absolute Gasteiger partial charge is 0.303 e. The molecule has 38 heavy (non-hydrogen) atoms. The summed E-state index contributed by atoms with van der Waals surface area (Å²) >= 11 is 0. The Morgan fingerprint density at radius 3 is 1.03 bits per heavy atom. The third kappa shape index (κ3) is 29.1. The van der Waals surface area contributed by atoms with E-state index in [0.717, 1.165) is 25.7 Å². The molecule has 0 aliphatic heterocycles. The van der Waals surface area contributed by atoms with Crippen molar-refractivity contribution < 1.29 is 18.5 Å². The number of phosphoric acid groups is 1. The van der Waals surface area contributed by atoms with Gasteiger partial charge in [0.2, 0.25) is 0 Å². The second-order valence-electron chi connectivity index (χ2n) is 11.4. The molecule has 0 aromatic carbocycles. The van der Waals surface area contributed by atoms with Crippen molar-refractivity contribution in [2.45, 2.75) is 175 Å². The van der Waals surface area contributed by atoms with Gasteiger partial charge in [0.25, 0.3) is 0 Å². The third-order valence-corrected chi connectivity index (χ3v) is 8.55. The van der Waals surface area contributed by atoms with Gasteiger partial charge in [-0.1, -0.05) is 143 Å². The van der Waals surface area contributed by atoms with Crippen LogP contribution in [0.15, 0.2) is 0 Å². The molecule has 1 unspecified atom stereocenters. The number of phosphoric ester groups is 1. The molecule has 0 bridgehead atoms. The lowest BCUT2D eigenvalue weighted by molar-refractivity contribution is 0.145. The fourth-order valence-corrected chi connectivity index (χ4v) is 5.79. The molecule has 1 N–H and O–H groups in total. The molecule has 6 heteroatoms. The van der Waals surface area contributed by atoms with Gasteiger partial charge in [0.15, 0.2) is 0 Å². The van der Waals surface area contributed by atoms with Crippen LogP contribution in [0.25, 0.3) is 0 Å². The highest BCUT2D eigenvalue weighted by Crippen LogP contribution is 2.43. The second kappa shape index (κ2) is 30.0. The van der Waals surface area contributed by atoms with Crippen LogP contribution in [0.4, 0.5) is 0 Å². The zero-order valence-electron chi connectivity index (χ0n) is 26.1. The van der Waals surface area contributed by atoms with Crippen molar-refractivity contribution in [1.29, 1.82) is 0 Å². The molecule has 0 aliphatic carbocycles.